The summed E-state index contributed by atoms with van der Waals surface area (Å²) in [6.45, 7) is 2.55. The molecule has 0 fully saturated rings. The molecule has 3 nitrogen and oxygen atoms in total. The molecule has 0 bridgehead atoms. The van der Waals surface area contributed by atoms with E-state index in [0.29, 0.717) is 16.6 Å². The molecule has 3 rings (SSSR count). The topological polar surface area (TPSA) is 42.2 Å². The number of carbonyl (C=O) groups is 1. The molecule has 1 N–H and O–H groups in total. The number of nitrogens with zero attached hydrogens (tertiary/aromatic N) is 1. The van der Waals surface area contributed by atoms with Crippen molar-refractivity contribution in [2.24, 2.45) is 0 Å². The summed E-state index contributed by atoms with van der Waals surface area (Å²) in [6, 6.07) is 12.6. The lowest BCUT2D eigenvalue weighted by molar-refractivity contribution is 0.0697. The Bertz CT molecular complexity index is 884. The summed E-state index contributed by atoms with van der Waals surface area (Å²) in [6.07, 6.45) is 0. The van der Waals surface area contributed by atoms with Crippen LogP contribution in [0, 0.1) is 6.92 Å². The van der Waals surface area contributed by atoms with Gasteiger partial charge >= 0.3 is 5.97 Å². The van der Waals surface area contributed by atoms with Crippen molar-refractivity contribution in [1.82, 2.24) is 4.57 Å². The first-order chi connectivity index (χ1) is 10.5. The van der Waals surface area contributed by atoms with Crippen LogP contribution in [0.4, 0.5) is 0 Å². The highest BCUT2D eigenvalue weighted by Gasteiger charge is 2.11. The summed E-state index contributed by atoms with van der Waals surface area (Å²) in [7, 11) is 0. The van der Waals surface area contributed by atoms with Crippen LogP contribution in [0.5, 0.6) is 0 Å². The molecule has 1 aromatic heterocycles. The molecular weight excluding hydrogens is 321 g/mol. The zero-order valence-corrected chi connectivity index (χ0v) is 13.3. The molecule has 5 heteroatoms. The molecular formula is C17H13Cl2NO2. The van der Waals surface area contributed by atoms with Crippen LogP contribution >= 0.6 is 23.2 Å². The SMILES string of the molecule is Cc1cc2ccc(C(=O)O)cc2n1Cc1ccc(Cl)cc1Cl. The van der Waals surface area contributed by atoms with E-state index in [-0.39, 0.29) is 5.56 Å². The van der Waals surface area contributed by atoms with Gasteiger partial charge in [-0.05, 0) is 48.2 Å². The predicted octanol–water partition coefficient (Wildman–Crippen LogP) is 5.00. The monoisotopic (exact) mass is 333 g/mol. The van der Waals surface area contributed by atoms with E-state index in [0.717, 1.165) is 22.2 Å². The Morgan fingerprint density at radius 1 is 1.14 bits per heavy atom. The standard InChI is InChI=1S/C17H13Cl2NO2/c1-10-6-11-2-3-12(17(21)22)7-16(11)20(10)9-13-4-5-14(18)8-15(13)19/h2-8H,9H2,1H3,(H,21,22). The minimum absolute atomic E-state index is 0.272. The second-order valence-electron chi connectivity index (χ2n) is 5.19. The highest BCUT2D eigenvalue weighted by molar-refractivity contribution is 6.35. The van der Waals surface area contributed by atoms with E-state index >= 15 is 0 Å². The molecule has 0 aliphatic carbocycles. The zero-order valence-electron chi connectivity index (χ0n) is 11.8. The lowest BCUT2D eigenvalue weighted by atomic mass is 10.1. The average Bonchev–Trinajstić information content (AvgIpc) is 2.77. The molecule has 0 spiro atoms. The molecule has 0 radical (unpaired) electrons. The fraction of sp³-hybridized carbons (Fsp3) is 0.118. The minimum Gasteiger partial charge on any atom is -0.478 e. The number of aryl methyl sites for hydroxylation is 1. The summed E-state index contributed by atoms with van der Waals surface area (Å²) in [5.41, 5.74) is 3.13. The maximum absolute atomic E-state index is 11.2. The number of halogens is 2. The lowest BCUT2D eigenvalue weighted by Crippen LogP contribution is -2.03. The fourth-order valence-electron chi connectivity index (χ4n) is 2.56. The van der Waals surface area contributed by atoms with E-state index in [2.05, 4.69) is 4.57 Å². The van der Waals surface area contributed by atoms with Crippen LogP contribution < -0.4 is 0 Å². The molecule has 0 aliphatic rings. The van der Waals surface area contributed by atoms with E-state index in [1.54, 1.807) is 24.3 Å². The Morgan fingerprint density at radius 3 is 2.59 bits per heavy atom. The van der Waals surface area contributed by atoms with Crippen LogP contribution in [0.3, 0.4) is 0 Å². The zero-order chi connectivity index (χ0) is 15.9. The van der Waals surface area contributed by atoms with Gasteiger partial charge in [-0.2, -0.15) is 0 Å². The molecule has 3 aromatic rings. The molecule has 1 heterocycles. The molecule has 0 saturated carbocycles. The number of aromatic nitrogens is 1. The normalized spacial score (nSPS) is 11.0. The molecule has 22 heavy (non-hydrogen) atoms. The quantitative estimate of drug-likeness (QED) is 0.732. The van der Waals surface area contributed by atoms with Gasteiger partial charge in [0.15, 0.2) is 0 Å². The Kier molecular flexibility index (Phi) is 3.85. The van der Waals surface area contributed by atoms with Gasteiger partial charge < -0.3 is 9.67 Å². The van der Waals surface area contributed by atoms with Crippen molar-refractivity contribution in [3.8, 4) is 0 Å². The summed E-state index contributed by atoms with van der Waals surface area (Å²) in [4.78, 5) is 11.2. The van der Waals surface area contributed by atoms with E-state index in [1.165, 1.54) is 0 Å². The number of hydrogen-bond acceptors (Lipinski definition) is 1. The second-order valence-corrected chi connectivity index (χ2v) is 6.03. The van der Waals surface area contributed by atoms with Crippen molar-refractivity contribution in [2.75, 3.05) is 0 Å². The van der Waals surface area contributed by atoms with Crippen molar-refractivity contribution in [1.29, 1.82) is 0 Å². The number of fused-ring (bicyclic) bond motifs is 1. The average molecular weight is 334 g/mol. The van der Waals surface area contributed by atoms with Crippen LogP contribution in [-0.2, 0) is 6.54 Å². The van der Waals surface area contributed by atoms with Crippen LogP contribution in [-0.4, -0.2) is 15.6 Å². The van der Waals surface area contributed by atoms with Crippen LogP contribution in [0.15, 0.2) is 42.5 Å². The Morgan fingerprint density at radius 2 is 1.91 bits per heavy atom. The van der Waals surface area contributed by atoms with Gasteiger partial charge in [0.05, 0.1) is 5.56 Å². The van der Waals surface area contributed by atoms with Crippen LogP contribution in [0.2, 0.25) is 10.0 Å². The van der Waals surface area contributed by atoms with E-state index in [4.69, 9.17) is 28.3 Å². The number of carboxylic acid groups (broad SMARTS) is 1. The fourth-order valence-corrected chi connectivity index (χ4v) is 3.02. The first-order valence-corrected chi connectivity index (χ1v) is 7.48. The van der Waals surface area contributed by atoms with E-state index < -0.39 is 5.97 Å². The third-order valence-corrected chi connectivity index (χ3v) is 4.29. The third kappa shape index (κ3) is 2.70. The van der Waals surface area contributed by atoms with Gasteiger partial charge in [0, 0.05) is 27.8 Å². The summed E-state index contributed by atoms with van der Waals surface area (Å²) in [5.74, 6) is -0.933. The number of benzene rings is 2. The molecule has 0 atom stereocenters. The van der Waals surface area contributed by atoms with Gasteiger partial charge in [-0.3, -0.25) is 0 Å². The third-order valence-electron chi connectivity index (χ3n) is 3.70. The van der Waals surface area contributed by atoms with Gasteiger partial charge in [-0.1, -0.05) is 35.3 Å². The minimum atomic E-state index is -0.933. The summed E-state index contributed by atoms with van der Waals surface area (Å²) in [5, 5.41) is 11.4. The molecule has 0 aliphatic heterocycles. The predicted molar refractivity (Wildman–Crippen MR) is 89.2 cm³/mol. The first kappa shape index (κ1) is 14.9. The highest BCUT2D eigenvalue weighted by atomic mass is 35.5. The number of carboxylic acids is 1. The largest absolute Gasteiger partial charge is 0.478 e. The lowest BCUT2D eigenvalue weighted by Gasteiger charge is -2.11. The smallest absolute Gasteiger partial charge is 0.335 e. The Labute approximate surface area is 137 Å². The maximum Gasteiger partial charge on any atom is 0.335 e. The van der Waals surface area contributed by atoms with Crippen molar-refractivity contribution in [3.63, 3.8) is 0 Å². The maximum atomic E-state index is 11.2. The van der Waals surface area contributed by atoms with Gasteiger partial charge in [0.25, 0.3) is 0 Å². The summed E-state index contributed by atoms with van der Waals surface area (Å²) < 4.78 is 2.05. The first-order valence-electron chi connectivity index (χ1n) is 6.73. The summed E-state index contributed by atoms with van der Waals surface area (Å²) >= 11 is 12.2. The molecule has 112 valence electrons. The van der Waals surface area contributed by atoms with Crippen LogP contribution in [0.25, 0.3) is 10.9 Å². The number of aromatic carboxylic acids is 1. The van der Waals surface area contributed by atoms with E-state index in [9.17, 15) is 4.79 Å². The molecule has 2 aromatic carbocycles. The van der Waals surface area contributed by atoms with Gasteiger partial charge in [0.2, 0.25) is 0 Å². The van der Waals surface area contributed by atoms with Crippen molar-refractivity contribution in [2.45, 2.75) is 13.5 Å². The Hall–Kier alpha value is -1.97. The van der Waals surface area contributed by atoms with Crippen molar-refractivity contribution in [3.05, 3.63) is 69.3 Å². The van der Waals surface area contributed by atoms with Crippen molar-refractivity contribution >= 4 is 40.1 Å². The molecule has 0 unspecified atom stereocenters. The van der Waals surface area contributed by atoms with Gasteiger partial charge in [-0.15, -0.1) is 0 Å². The van der Waals surface area contributed by atoms with Crippen molar-refractivity contribution < 1.29 is 9.90 Å². The molecule has 0 saturated heterocycles. The van der Waals surface area contributed by atoms with E-state index in [1.807, 2.05) is 25.1 Å². The Balaban J connectivity index is 2.11. The van der Waals surface area contributed by atoms with Gasteiger partial charge in [-0.25, -0.2) is 4.79 Å². The second kappa shape index (κ2) is 5.67. The number of rotatable bonds is 3. The highest BCUT2D eigenvalue weighted by Crippen LogP contribution is 2.26. The number of hydrogen-bond donors (Lipinski definition) is 1. The van der Waals surface area contributed by atoms with Gasteiger partial charge in [0.1, 0.15) is 0 Å². The molecule has 0 amide bonds. The van der Waals surface area contributed by atoms with Crippen LogP contribution in [0.1, 0.15) is 21.6 Å².